The highest BCUT2D eigenvalue weighted by atomic mass is 79.9. The van der Waals surface area contributed by atoms with Gasteiger partial charge in [-0.25, -0.2) is 4.79 Å². The van der Waals surface area contributed by atoms with Crippen LogP contribution in [0.2, 0.25) is 0 Å². The van der Waals surface area contributed by atoms with Gasteiger partial charge in [0, 0.05) is 29.5 Å². The Bertz CT molecular complexity index is 808. The van der Waals surface area contributed by atoms with Gasteiger partial charge < -0.3 is 19.3 Å². The number of methoxy groups -OCH3 is 1. The van der Waals surface area contributed by atoms with E-state index in [9.17, 15) is 14.4 Å². The molecule has 1 spiro atoms. The lowest BCUT2D eigenvalue weighted by Gasteiger charge is -2.26. The number of nitrogens with zero attached hydrogens (tertiary/aromatic N) is 2. The number of hydrogen-bond acceptors (Lipinski definition) is 6. The lowest BCUT2D eigenvalue weighted by Crippen LogP contribution is -2.48. The van der Waals surface area contributed by atoms with Crippen LogP contribution in [0.25, 0.3) is 0 Å². The van der Waals surface area contributed by atoms with Gasteiger partial charge in [-0.2, -0.15) is 0 Å². The third-order valence-corrected chi connectivity index (χ3v) is 5.81. The number of benzene rings is 1. The highest BCUT2D eigenvalue weighted by molar-refractivity contribution is 9.10. The van der Waals surface area contributed by atoms with Gasteiger partial charge >= 0.3 is 5.97 Å². The monoisotopic (exact) mass is 437 g/mol. The number of halogens is 1. The molecular weight excluding hydrogens is 418 g/mol. The molecule has 2 fully saturated rings. The van der Waals surface area contributed by atoms with Crippen molar-refractivity contribution in [3.63, 3.8) is 0 Å². The van der Waals surface area contributed by atoms with E-state index in [4.69, 9.17) is 9.47 Å². The first-order valence-corrected chi connectivity index (χ1v) is 9.56. The number of rotatable bonds is 3. The summed E-state index contributed by atoms with van der Waals surface area (Å²) in [6.45, 7) is 1.74. The number of nitrogens with one attached hydrogen (secondary N) is 1. The minimum Gasteiger partial charge on any atom is -0.467 e. The predicted octanol–water partition coefficient (Wildman–Crippen LogP) is 0.495. The van der Waals surface area contributed by atoms with Gasteiger partial charge in [-0.3, -0.25) is 14.9 Å². The summed E-state index contributed by atoms with van der Waals surface area (Å²) in [5.74, 6) is -0.943. The largest absolute Gasteiger partial charge is 0.467 e. The van der Waals surface area contributed by atoms with E-state index in [1.807, 2.05) is 12.1 Å². The summed E-state index contributed by atoms with van der Waals surface area (Å²) in [6, 6.07) is 4.73. The summed E-state index contributed by atoms with van der Waals surface area (Å²) >= 11 is 3.40. The minimum atomic E-state index is -0.720. The molecule has 1 unspecified atom stereocenters. The van der Waals surface area contributed by atoms with E-state index in [1.54, 1.807) is 6.07 Å². The smallest absolute Gasteiger partial charge is 0.328 e. The van der Waals surface area contributed by atoms with Crippen molar-refractivity contribution >= 4 is 33.7 Å². The Kier molecular flexibility index (Phi) is 4.69. The second-order valence-electron chi connectivity index (χ2n) is 7.00. The Balaban J connectivity index is 1.50. The van der Waals surface area contributed by atoms with Crippen molar-refractivity contribution < 1.29 is 23.9 Å². The summed E-state index contributed by atoms with van der Waals surface area (Å²) in [7, 11) is 1.30. The number of carbonyl (C=O) groups excluding carboxylic acids is 3. The third-order valence-electron chi connectivity index (χ3n) is 5.32. The van der Waals surface area contributed by atoms with Crippen LogP contribution in [0.5, 0.6) is 0 Å². The van der Waals surface area contributed by atoms with Gasteiger partial charge in [0.15, 0.2) is 0 Å². The van der Waals surface area contributed by atoms with Crippen molar-refractivity contribution in [2.45, 2.75) is 24.7 Å². The first kappa shape index (κ1) is 18.4. The fourth-order valence-electron chi connectivity index (χ4n) is 4.02. The van der Waals surface area contributed by atoms with Crippen LogP contribution in [0.1, 0.15) is 22.3 Å². The SMILES string of the molecule is COC(=O)[C@@H]1CC2(CN1C(=O)CN1Cc3cc(Br)ccc3C1=O)NCCO2. The number of carbonyl (C=O) groups is 3. The summed E-state index contributed by atoms with van der Waals surface area (Å²) < 4.78 is 11.5. The van der Waals surface area contributed by atoms with Gasteiger partial charge in [-0.05, 0) is 23.8 Å². The maximum Gasteiger partial charge on any atom is 0.328 e. The van der Waals surface area contributed by atoms with Crippen LogP contribution < -0.4 is 5.32 Å². The zero-order valence-electron chi connectivity index (χ0n) is 14.9. The summed E-state index contributed by atoms with van der Waals surface area (Å²) in [5.41, 5.74) is 0.775. The fourth-order valence-corrected chi connectivity index (χ4v) is 4.43. The number of amides is 2. The van der Waals surface area contributed by atoms with Crippen LogP contribution in [0.4, 0.5) is 0 Å². The van der Waals surface area contributed by atoms with Gasteiger partial charge in [-0.15, -0.1) is 0 Å². The van der Waals surface area contributed by atoms with E-state index in [-0.39, 0.29) is 24.9 Å². The molecule has 1 aromatic rings. The number of hydrogen-bond donors (Lipinski definition) is 1. The zero-order valence-corrected chi connectivity index (χ0v) is 16.5. The molecule has 0 saturated carbocycles. The summed E-state index contributed by atoms with van der Waals surface area (Å²) in [6.07, 6.45) is 0.340. The Morgan fingerprint density at radius 1 is 1.44 bits per heavy atom. The van der Waals surface area contributed by atoms with Crippen LogP contribution in [-0.2, 0) is 25.6 Å². The number of fused-ring (bicyclic) bond motifs is 1. The van der Waals surface area contributed by atoms with Gasteiger partial charge in [-0.1, -0.05) is 15.9 Å². The molecule has 27 heavy (non-hydrogen) atoms. The first-order chi connectivity index (χ1) is 12.9. The molecule has 2 saturated heterocycles. The predicted molar refractivity (Wildman–Crippen MR) is 97.7 cm³/mol. The molecule has 2 amide bonds. The molecule has 3 heterocycles. The number of likely N-dealkylation sites (tertiary alicyclic amines) is 1. The van der Waals surface area contributed by atoms with E-state index in [0.29, 0.717) is 31.7 Å². The van der Waals surface area contributed by atoms with Crippen LogP contribution in [0.15, 0.2) is 22.7 Å². The highest BCUT2D eigenvalue weighted by Gasteiger charge is 2.52. The molecule has 8 nitrogen and oxygen atoms in total. The normalized spacial score (nSPS) is 26.7. The van der Waals surface area contributed by atoms with Crippen LogP contribution >= 0.6 is 15.9 Å². The van der Waals surface area contributed by atoms with E-state index < -0.39 is 17.7 Å². The Morgan fingerprint density at radius 2 is 2.26 bits per heavy atom. The lowest BCUT2D eigenvalue weighted by molar-refractivity contribution is -0.151. The molecule has 0 aromatic heterocycles. The number of ether oxygens (including phenoxy) is 2. The maximum absolute atomic E-state index is 13.0. The van der Waals surface area contributed by atoms with Crippen molar-refractivity contribution in [3.8, 4) is 0 Å². The van der Waals surface area contributed by atoms with E-state index in [0.717, 1.165) is 10.0 Å². The van der Waals surface area contributed by atoms with E-state index in [1.165, 1.54) is 16.9 Å². The molecule has 2 atom stereocenters. The summed E-state index contributed by atoms with van der Waals surface area (Å²) in [5, 5.41) is 3.24. The van der Waals surface area contributed by atoms with Crippen molar-refractivity contribution in [2.75, 3.05) is 33.4 Å². The third kappa shape index (κ3) is 3.24. The zero-order chi connectivity index (χ0) is 19.2. The van der Waals surface area contributed by atoms with Crippen molar-refractivity contribution in [2.24, 2.45) is 0 Å². The molecular formula is C18H20BrN3O5. The number of esters is 1. The molecule has 1 aromatic carbocycles. The second-order valence-corrected chi connectivity index (χ2v) is 7.91. The van der Waals surface area contributed by atoms with Crippen molar-refractivity contribution in [3.05, 3.63) is 33.8 Å². The first-order valence-electron chi connectivity index (χ1n) is 8.76. The van der Waals surface area contributed by atoms with E-state index >= 15 is 0 Å². The molecule has 9 heteroatoms. The van der Waals surface area contributed by atoms with Crippen LogP contribution in [-0.4, -0.2) is 72.7 Å². The van der Waals surface area contributed by atoms with Gasteiger partial charge in [0.25, 0.3) is 5.91 Å². The maximum atomic E-state index is 13.0. The van der Waals surface area contributed by atoms with Gasteiger partial charge in [0.2, 0.25) is 5.91 Å². The fraction of sp³-hybridized carbons (Fsp3) is 0.500. The summed E-state index contributed by atoms with van der Waals surface area (Å²) in [4.78, 5) is 40.7. The lowest BCUT2D eigenvalue weighted by atomic mass is 10.1. The van der Waals surface area contributed by atoms with Crippen molar-refractivity contribution in [1.82, 2.24) is 15.1 Å². The molecule has 3 aliphatic rings. The highest BCUT2D eigenvalue weighted by Crippen LogP contribution is 2.32. The average molecular weight is 438 g/mol. The molecule has 1 N–H and O–H groups in total. The molecule has 3 aliphatic heterocycles. The van der Waals surface area contributed by atoms with E-state index in [2.05, 4.69) is 21.2 Å². The molecule has 144 valence electrons. The van der Waals surface area contributed by atoms with Crippen LogP contribution in [0, 0.1) is 0 Å². The Hall–Kier alpha value is -1.97. The van der Waals surface area contributed by atoms with Gasteiger partial charge in [0.05, 0.1) is 20.3 Å². The quantitative estimate of drug-likeness (QED) is 0.692. The molecule has 0 bridgehead atoms. The standard InChI is InChI=1S/C18H20BrN3O5/c1-26-17(25)14-7-18(20-4-5-27-18)10-22(14)15(23)9-21-8-11-6-12(19)2-3-13(11)16(21)24/h2-3,6,14,20H,4-5,7-10H2,1H3/t14-,18?/m0/s1. The topological polar surface area (TPSA) is 88.2 Å². The minimum absolute atomic E-state index is 0.0886. The molecule has 0 aliphatic carbocycles. The van der Waals surface area contributed by atoms with Crippen LogP contribution in [0.3, 0.4) is 0 Å². The van der Waals surface area contributed by atoms with Gasteiger partial charge in [0.1, 0.15) is 18.3 Å². The Labute approximate surface area is 164 Å². The van der Waals surface area contributed by atoms with Crippen molar-refractivity contribution in [1.29, 1.82) is 0 Å². The molecule has 0 radical (unpaired) electrons. The second kappa shape index (κ2) is 6.88. The molecule has 4 rings (SSSR count). The average Bonchev–Trinajstić information content (AvgIpc) is 3.34. The Morgan fingerprint density at radius 3 is 2.96 bits per heavy atom.